The molecule has 5 N–H and O–H groups in total. The van der Waals surface area contributed by atoms with Crippen LogP contribution in [0.4, 0.5) is 0 Å². The van der Waals surface area contributed by atoms with Crippen molar-refractivity contribution in [1.29, 1.82) is 0 Å². The SMILES string of the molecule is C[C@@H](CC(=O)Cn1cnnn1)[C@H]1C(=O)N2C(C(=O)O)=C(S[C@@H]3CNC(C(=O)N4C[C@@H](N)C[C@H]4CNS(C)(=O)=O)C3)[C@H](C)[C@H]12. The third kappa shape index (κ3) is 6.47. The number of nitrogens with one attached hydrogen (secondary N) is 2. The van der Waals surface area contributed by atoms with E-state index in [1.807, 2.05) is 13.8 Å². The Balaban J connectivity index is 1.22. The Bertz CT molecular complexity index is 1420. The van der Waals surface area contributed by atoms with Crippen LogP contribution in [0, 0.1) is 17.8 Å². The van der Waals surface area contributed by atoms with Gasteiger partial charge in [0.2, 0.25) is 21.8 Å². The van der Waals surface area contributed by atoms with Crippen molar-refractivity contribution in [1.82, 2.24) is 40.0 Å². The first-order chi connectivity index (χ1) is 20.2. The monoisotopic (exact) mass is 639 g/mol. The molecule has 5 rings (SSSR count). The number of ketones is 1. The topological polar surface area (TPSA) is 223 Å². The second-order valence-electron chi connectivity index (χ2n) is 12.0. The Morgan fingerprint density at radius 3 is 2.70 bits per heavy atom. The zero-order chi connectivity index (χ0) is 31.2. The average molecular weight is 640 g/mol. The van der Waals surface area contributed by atoms with E-state index in [0.29, 0.717) is 30.8 Å². The van der Waals surface area contributed by atoms with Crippen LogP contribution in [0.5, 0.6) is 0 Å². The number of carbonyl (C=O) groups excluding carboxylic acids is 3. The number of sulfonamides is 1. The van der Waals surface area contributed by atoms with E-state index in [-0.39, 0.29) is 78.0 Å². The fourth-order valence-corrected chi connectivity index (χ4v) is 8.75. The number of tetrazole rings is 1. The van der Waals surface area contributed by atoms with E-state index >= 15 is 0 Å². The lowest BCUT2D eigenvalue weighted by Crippen LogP contribution is -2.62. The second kappa shape index (κ2) is 12.2. The quantitative estimate of drug-likeness (QED) is 0.182. The van der Waals surface area contributed by atoms with Crippen LogP contribution in [0.15, 0.2) is 16.9 Å². The molecule has 3 saturated heterocycles. The summed E-state index contributed by atoms with van der Waals surface area (Å²) in [4.78, 5) is 55.2. The van der Waals surface area contributed by atoms with Crippen LogP contribution in [0.1, 0.15) is 33.1 Å². The van der Waals surface area contributed by atoms with Gasteiger partial charge in [-0.2, -0.15) is 0 Å². The smallest absolute Gasteiger partial charge is 0.353 e. The van der Waals surface area contributed by atoms with Crippen molar-refractivity contribution in [3.8, 4) is 0 Å². The number of carbonyl (C=O) groups is 4. The standard InChI is InChI=1S/C25H37N9O7S2/c1-12(4-16(35)10-32-11-28-30-31-32)19-20-13(2)22(21(25(38)39)34(20)24(19)37)42-17-6-18(27-8-17)23(36)33-9-14(26)5-15(33)7-29-43(3,40)41/h11-15,17-20,27,29H,4-10,26H2,1-3H3,(H,38,39)/t12-,13+,14-,15-,17-,18?,19+,20+/m0/s1. The van der Waals surface area contributed by atoms with Crippen LogP contribution in [-0.4, -0.2) is 122 Å². The fraction of sp³-hybridized carbons (Fsp3) is 0.720. The summed E-state index contributed by atoms with van der Waals surface area (Å²) in [5.74, 6) is -2.82. The van der Waals surface area contributed by atoms with Crippen molar-refractivity contribution < 1.29 is 32.7 Å². The van der Waals surface area contributed by atoms with Gasteiger partial charge in [0.25, 0.3) is 0 Å². The van der Waals surface area contributed by atoms with E-state index in [0.717, 1.165) is 6.26 Å². The molecule has 5 heterocycles. The molecule has 1 unspecified atom stereocenters. The van der Waals surface area contributed by atoms with Crippen LogP contribution < -0.4 is 15.8 Å². The summed E-state index contributed by atoms with van der Waals surface area (Å²) in [6.45, 7) is 4.60. The Kier molecular flexibility index (Phi) is 8.95. The van der Waals surface area contributed by atoms with E-state index in [1.165, 1.54) is 27.7 Å². The highest BCUT2D eigenvalue weighted by Crippen LogP contribution is 2.53. The van der Waals surface area contributed by atoms with Gasteiger partial charge in [-0.1, -0.05) is 13.8 Å². The minimum absolute atomic E-state index is 0.00515. The van der Waals surface area contributed by atoms with Crippen molar-refractivity contribution in [3.63, 3.8) is 0 Å². The number of nitrogens with two attached hydrogens (primary N) is 1. The predicted octanol–water partition coefficient (Wildman–Crippen LogP) is -2.02. The Morgan fingerprint density at radius 2 is 2.05 bits per heavy atom. The second-order valence-corrected chi connectivity index (χ2v) is 15.1. The summed E-state index contributed by atoms with van der Waals surface area (Å²) in [5, 5.41) is 24.0. The third-order valence-corrected chi connectivity index (χ3v) is 10.9. The van der Waals surface area contributed by atoms with Gasteiger partial charge >= 0.3 is 5.97 Å². The third-order valence-electron chi connectivity index (χ3n) is 8.68. The van der Waals surface area contributed by atoms with E-state index in [2.05, 4.69) is 25.6 Å². The molecule has 43 heavy (non-hydrogen) atoms. The molecule has 0 saturated carbocycles. The van der Waals surface area contributed by atoms with Crippen molar-refractivity contribution in [2.75, 3.05) is 25.9 Å². The Hall–Kier alpha value is -2.93. The minimum atomic E-state index is -3.42. The number of carboxylic acids is 1. The first kappa shape index (κ1) is 31.5. The van der Waals surface area contributed by atoms with Crippen molar-refractivity contribution in [2.24, 2.45) is 23.5 Å². The van der Waals surface area contributed by atoms with E-state index in [4.69, 9.17) is 5.73 Å². The molecular formula is C25H37N9O7S2. The van der Waals surface area contributed by atoms with Gasteiger partial charge in [0.1, 0.15) is 18.6 Å². The number of hydrogen-bond acceptors (Lipinski definition) is 12. The summed E-state index contributed by atoms with van der Waals surface area (Å²) in [5.41, 5.74) is 6.08. The van der Waals surface area contributed by atoms with Crippen molar-refractivity contribution in [2.45, 2.75) is 69.1 Å². The fourth-order valence-electron chi connectivity index (χ4n) is 6.78. The molecule has 8 atom stereocenters. The molecule has 2 amide bonds. The molecule has 236 valence electrons. The number of aliphatic carboxylic acids is 1. The van der Waals surface area contributed by atoms with Crippen LogP contribution in [0.25, 0.3) is 0 Å². The Labute approximate surface area is 253 Å². The summed E-state index contributed by atoms with van der Waals surface area (Å²) in [7, 11) is -3.42. The van der Waals surface area contributed by atoms with Crippen LogP contribution in [-0.2, 0) is 35.7 Å². The number of Topliss-reactive ketones (excluding diaryl/α,β-unsaturated/α-hetero) is 1. The van der Waals surface area contributed by atoms with E-state index in [1.54, 1.807) is 4.90 Å². The molecule has 18 heteroatoms. The maximum absolute atomic E-state index is 13.4. The van der Waals surface area contributed by atoms with Gasteiger partial charge in [-0.3, -0.25) is 14.4 Å². The van der Waals surface area contributed by atoms with Gasteiger partial charge in [0.15, 0.2) is 5.78 Å². The first-order valence-electron chi connectivity index (χ1n) is 14.2. The molecule has 0 radical (unpaired) electrons. The molecule has 0 aliphatic carbocycles. The number of aromatic nitrogens is 4. The van der Waals surface area contributed by atoms with Gasteiger partial charge in [0.05, 0.1) is 24.3 Å². The first-order valence-corrected chi connectivity index (χ1v) is 17.0. The highest BCUT2D eigenvalue weighted by molar-refractivity contribution is 8.03. The molecule has 1 aromatic heterocycles. The lowest BCUT2D eigenvalue weighted by Gasteiger charge is -2.47. The van der Waals surface area contributed by atoms with Gasteiger partial charge < -0.3 is 26.0 Å². The number of β-lactam (4-membered cyclic amide) rings is 1. The number of likely N-dealkylation sites (tertiary alicyclic amines) is 1. The van der Waals surface area contributed by atoms with Crippen molar-refractivity contribution >= 4 is 45.4 Å². The minimum Gasteiger partial charge on any atom is -0.477 e. The predicted molar refractivity (Wildman–Crippen MR) is 153 cm³/mol. The van der Waals surface area contributed by atoms with Crippen LogP contribution in [0.2, 0.25) is 0 Å². The number of nitrogens with zero attached hydrogens (tertiary/aromatic N) is 6. The van der Waals surface area contributed by atoms with Gasteiger partial charge in [-0.25, -0.2) is 22.6 Å². The van der Waals surface area contributed by atoms with E-state index < -0.39 is 28.0 Å². The molecule has 3 fully saturated rings. The average Bonchev–Trinajstić information content (AvgIpc) is 3.70. The summed E-state index contributed by atoms with van der Waals surface area (Å²) >= 11 is 1.38. The number of hydrogen-bond donors (Lipinski definition) is 4. The van der Waals surface area contributed by atoms with Gasteiger partial charge in [-0.15, -0.1) is 16.9 Å². The number of rotatable bonds is 12. The highest BCUT2D eigenvalue weighted by Gasteiger charge is 2.60. The maximum Gasteiger partial charge on any atom is 0.353 e. The number of fused-ring (bicyclic) bond motifs is 1. The number of amides is 2. The molecular weight excluding hydrogens is 602 g/mol. The van der Waals surface area contributed by atoms with Crippen LogP contribution >= 0.6 is 11.8 Å². The summed E-state index contributed by atoms with van der Waals surface area (Å²) < 4.78 is 27.0. The molecule has 0 spiro atoms. The zero-order valence-electron chi connectivity index (χ0n) is 24.1. The molecule has 4 aliphatic heterocycles. The summed E-state index contributed by atoms with van der Waals surface area (Å²) in [6.07, 6.45) is 3.47. The lowest BCUT2D eigenvalue weighted by atomic mass is 9.73. The maximum atomic E-state index is 13.4. The lowest BCUT2D eigenvalue weighted by molar-refractivity contribution is -0.160. The van der Waals surface area contributed by atoms with Crippen LogP contribution in [0.3, 0.4) is 0 Å². The molecule has 4 aliphatic rings. The van der Waals surface area contributed by atoms with Crippen molar-refractivity contribution in [3.05, 3.63) is 16.9 Å². The molecule has 0 aromatic carbocycles. The number of carboxylic acid groups (broad SMARTS) is 1. The molecule has 1 aromatic rings. The largest absolute Gasteiger partial charge is 0.477 e. The molecule has 0 bridgehead atoms. The Morgan fingerprint density at radius 1 is 1.30 bits per heavy atom. The van der Waals surface area contributed by atoms with Gasteiger partial charge in [-0.05, 0) is 29.2 Å². The highest BCUT2D eigenvalue weighted by atomic mass is 32.2. The normalized spacial score (nSPS) is 31.3. The summed E-state index contributed by atoms with van der Waals surface area (Å²) in [6, 6.07) is -1.49. The van der Waals surface area contributed by atoms with E-state index in [9.17, 15) is 32.7 Å². The number of thioether (sulfide) groups is 1. The zero-order valence-corrected chi connectivity index (χ0v) is 25.8. The van der Waals surface area contributed by atoms with Gasteiger partial charge in [0, 0.05) is 54.2 Å². The molecule has 16 nitrogen and oxygen atoms in total.